The van der Waals surface area contributed by atoms with Crippen LogP contribution in [0.25, 0.3) is 0 Å². The van der Waals surface area contributed by atoms with E-state index in [0.29, 0.717) is 12.1 Å². The van der Waals surface area contributed by atoms with Crippen molar-refractivity contribution in [3.63, 3.8) is 0 Å². The molecule has 0 aliphatic carbocycles. The molecule has 0 saturated heterocycles. The van der Waals surface area contributed by atoms with Gasteiger partial charge >= 0.3 is 6.18 Å². The summed E-state index contributed by atoms with van der Waals surface area (Å²) >= 11 is 0. The van der Waals surface area contributed by atoms with Crippen LogP contribution in [-0.4, -0.2) is 29.0 Å². The average Bonchev–Trinajstić information content (AvgIpc) is 2.52. The summed E-state index contributed by atoms with van der Waals surface area (Å²) in [6, 6.07) is 5.81. The van der Waals surface area contributed by atoms with Gasteiger partial charge in [-0.05, 0) is 42.5 Å². The molecule has 0 spiro atoms. The number of carbonyl (C=O) groups is 1. The van der Waals surface area contributed by atoms with Crippen LogP contribution < -0.4 is 10.5 Å². The smallest absolute Gasteiger partial charge is 0.366 e. The minimum Gasteiger partial charge on any atom is -0.366 e. The number of rotatable bonds is 5. The number of primary amides is 1. The van der Waals surface area contributed by atoms with Gasteiger partial charge in [0.25, 0.3) is 15.9 Å². The highest BCUT2D eigenvalue weighted by Gasteiger charge is 2.32. The van der Waals surface area contributed by atoms with Crippen LogP contribution in [0.5, 0.6) is 0 Å². The molecule has 1 amide bonds. The Morgan fingerprint density at radius 2 is 1.48 bits per heavy atom. The summed E-state index contributed by atoms with van der Waals surface area (Å²) in [6.07, 6.45) is -3.84. The van der Waals surface area contributed by atoms with Crippen LogP contribution in [0.15, 0.2) is 52.3 Å². The Hall–Kier alpha value is -2.60. The van der Waals surface area contributed by atoms with Gasteiger partial charge in [0.1, 0.15) is 0 Å². The topological polar surface area (TPSA) is 123 Å². The van der Waals surface area contributed by atoms with Gasteiger partial charge in [-0.2, -0.15) is 13.2 Å². The molecule has 0 aliphatic rings. The highest BCUT2D eigenvalue weighted by molar-refractivity contribution is 7.92. The fourth-order valence-corrected chi connectivity index (χ4v) is 3.79. The van der Waals surface area contributed by atoms with Gasteiger partial charge in [0.2, 0.25) is 0 Å². The van der Waals surface area contributed by atoms with E-state index in [-0.39, 0.29) is 4.90 Å². The summed E-state index contributed by atoms with van der Waals surface area (Å²) in [5, 5.41) is 0. The Kier molecular flexibility index (Phi) is 5.25. The highest BCUT2D eigenvalue weighted by Crippen LogP contribution is 2.33. The number of sulfonamides is 1. The van der Waals surface area contributed by atoms with Crippen molar-refractivity contribution in [2.24, 2.45) is 5.73 Å². The molecule has 0 fully saturated rings. The molecule has 0 aromatic heterocycles. The standard InChI is InChI=1S/C15H13F3N2O5S2/c1-26(22,23)10-3-5-11(6-4-10)27(24,25)20-13-8-9(15(16,17)18)2-7-12(13)14(19)21/h2-8,20H,1H3,(H2,19,21). The molecule has 7 nitrogen and oxygen atoms in total. The summed E-state index contributed by atoms with van der Waals surface area (Å²) < 4.78 is 88.1. The Morgan fingerprint density at radius 3 is 1.93 bits per heavy atom. The fraction of sp³-hybridized carbons (Fsp3) is 0.133. The Morgan fingerprint density at radius 1 is 0.963 bits per heavy atom. The van der Waals surface area contributed by atoms with E-state index in [1.54, 1.807) is 0 Å². The number of nitrogens with one attached hydrogen (secondary N) is 1. The van der Waals surface area contributed by atoms with Gasteiger partial charge in [0, 0.05) is 6.26 Å². The molecule has 0 saturated carbocycles. The lowest BCUT2D eigenvalue weighted by molar-refractivity contribution is -0.137. The normalized spacial score (nSPS) is 12.6. The fourth-order valence-electron chi connectivity index (χ4n) is 2.09. The number of hydrogen-bond donors (Lipinski definition) is 2. The number of alkyl halides is 3. The molecule has 27 heavy (non-hydrogen) atoms. The van der Waals surface area contributed by atoms with Crippen LogP contribution in [0.1, 0.15) is 15.9 Å². The van der Waals surface area contributed by atoms with E-state index in [4.69, 9.17) is 5.73 Å². The second kappa shape index (κ2) is 6.85. The molecule has 146 valence electrons. The van der Waals surface area contributed by atoms with Crippen LogP contribution in [0.4, 0.5) is 18.9 Å². The van der Waals surface area contributed by atoms with E-state index in [2.05, 4.69) is 0 Å². The predicted octanol–water partition coefficient (Wildman–Crippen LogP) is 2.01. The van der Waals surface area contributed by atoms with Crippen LogP contribution in [-0.2, 0) is 26.0 Å². The van der Waals surface area contributed by atoms with E-state index >= 15 is 0 Å². The van der Waals surface area contributed by atoms with Gasteiger partial charge in [0.15, 0.2) is 9.84 Å². The first kappa shape index (κ1) is 20.7. The van der Waals surface area contributed by atoms with Gasteiger partial charge < -0.3 is 5.73 Å². The van der Waals surface area contributed by atoms with Crippen LogP contribution >= 0.6 is 0 Å². The molecule has 0 radical (unpaired) electrons. The lowest BCUT2D eigenvalue weighted by atomic mass is 10.1. The van der Waals surface area contributed by atoms with Crippen LogP contribution in [0.2, 0.25) is 0 Å². The summed E-state index contributed by atoms with van der Waals surface area (Å²) in [7, 11) is -7.98. The maximum atomic E-state index is 12.9. The highest BCUT2D eigenvalue weighted by atomic mass is 32.2. The SMILES string of the molecule is CS(=O)(=O)c1ccc(S(=O)(=O)Nc2cc(C(F)(F)F)ccc2C(N)=O)cc1. The third kappa shape index (κ3) is 4.77. The molecule has 2 aromatic rings. The van der Waals surface area contributed by atoms with Crippen LogP contribution in [0.3, 0.4) is 0 Å². The Bertz CT molecular complexity index is 1090. The van der Waals surface area contributed by atoms with Crippen molar-refractivity contribution in [1.82, 2.24) is 0 Å². The minimum atomic E-state index is -4.77. The summed E-state index contributed by atoms with van der Waals surface area (Å²) in [5.41, 5.74) is 2.79. The lowest BCUT2D eigenvalue weighted by Crippen LogP contribution is -2.20. The maximum absolute atomic E-state index is 12.9. The zero-order chi connectivity index (χ0) is 20.6. The minimum absolute atomic E-state index is 0.140. The molecule has 0 unspecified atom stereocenters. The molecule has 0 atom stereocenters. The molecule has 2 rings (SSSR count). The monoisotopic (exact) mass is 422 g/mol. The quantitative estimate of drug-likeness (QED) is 0.763. The maximum Gasteiger partial charge on any atom is 0.416 e. The summed E-state index contributed by atoms with van der Waals surface area (Å²) in [6.45, 7) is 0. The molecule has 0 aliphatic heterocycles. The first-order valence-electron chi connectivity index (χ1n) is 7.06. The second-order valence-corrected chi connectivity index (χ2v) is 9.17. The van der Waals surface area contributed by atoms with Crippen molar-refractivity contribution < 1.29 is 34.8 Å². The third-order valence-corrected chi connectivity index (χ3v) is 5.93. The molecule has 0 bridgehead atoms. The Balaban J connectivity index is 2.49. The van der Waals surface area contributed by atoms with Gasteiger partial charge in [-0.3, -0.25) is 9.52 Å². The predicted molar refractivity (Wildman–Crippen MR) is 90.3 cm³/mol. The zero-order valence-corrected chi connectivity index (χ0v) is 15.2. The number of sulfone groups is 1. The number of halogens is 3. The number of nitrogens with two attached hydrogens (primary N) is 1. The number of hydrogen-bond acceptors (Lipinski definition) is 5. The third-order valence-electron chi connectivity index (χ3n) is 3.42. The zero-order valence-electron chi connectivity index (χ0n) is 13.6. The largest absolute Gasteiger partial charge is 0.416 e. The van der Waals surface area contributed by atoms with E-state index in [0.717, 1.165) is 36.6 Å². The first-order chi connectivity index (χ1) is 12.2. The Labute approximate surface area is 153 Å². The van der Waals surface area contributed by atoms with Crippen molar-refractivity contribution in [1.29, 1.82) is 0 Å². The van der Waals surface area contributed by atoms with Crippen molar-refractivity contribution in [2.45, 2.75) is 16.0 Å². The first-order valence-corrected chi connectivity index (χ1v) is 10.4. The van der Waals surface area contributed by atoms with Crippen molar-refractivity contribution in [2.75, 3.05) is 11.0 Å². The molecular formula is C15H13F3N2O5S2. The molecule has 2 aromatic carbocycles. The number of amides is 1. The number of carbonyl (C=O) groups excluding carboxylic acids is 1. The molecule has 12 heteroatoms. The average molecular weight is 422 g/mol. The van der Waals surface area contributed by atoms with Crippen molar-refractivity contribution >= 4 is 31.5 Å². The molecular weight excluding hydrogens is 409 g/mol. The van der Waals surface area contributed by atoms with E-state index in [1.165, 1.54) is 0 Å². The number of benzene rings is 2. The summed E-state index contributed by atoms with van der Waals surface area (Å²) in [4.78, 5) is 10.8. The molecule has 0 heterocycles. The van der Waals surface area contributed by atoms with E-state index < -0.39 is 53.7 Å². The number of anilines is 1. The van der Waals surface area contributed by atoms with Gasteiger partial charge in [-0.1, -0.05) is 0 Å². The van der Waals surface area contributed by atoms with Crippen molar-refractivity contribution in [3.05, 3.63) is 53.6 Å². The van der Waals surface area contributed by atoms with Crippen molar-refractivity contribution in [3.8, 4) is 0 Å². The van der Waals surface area contributed by atoms with Gasteiger partial charge in [-0.15, -0.1) is 0 Å². The lowest BCUT2D eigenvalue weighted by Gasteiger charge is -2.14. The second-order valence-electron chi connectivity index (χ2n) is 5.47. The summed E-state index contributed by atoms with van der Waals surface area (Å²) in [5.74, 6) is -1.13. The van der Waals surface area contributed by atoms with Gasteiger partial charge in [-0.25, -0.2) is 16.8 Å². The van der Waals surface area contributed by atoms with Gasteiger partial charge in [0.05, 0.1) is 26.6 Å². The van der Waals surface area contributed by atoms with E-state index in [9.17, 15) is 34.8 Å². The van der Waals surface area contributed by atoms with Crippen LogP contribution in [0, 0.1) is 0 Å². The van der Waals surface area contributed by atoms with E-state index in [1.807, 2.05) is 4.72 Å². The molecule has 3 N–H and O–H groups in total.